The normalized spacial score (nSPS) is 9.85. The summed E-state index contributed by atoms with van der Waals surface area (Å²) < 4.78 is 5.58. The molecule has 0 fully saturated rings. The van der Waals surface area contributed by atoms with E-state index in [1.807, 2.05) is 54.6 Å². The van der Waals surface area contributed by atoms with E-state index in [4.69, 9.17) is 4.74 Å². The Kier molecular flexibility index (Phi) is 5.00. The van der Waals surface area contributed by atoms with Crippen molar-refractivity contribution in [2.75, 3.05) is 23.8 Å². The Morgan fingerprint density at radius 1 is 1.00 bits per heavy atom. The third kappa shape index (κ3) is 4.65. The Balaban J connectivity index is 1.73. The number of hydrogen-bond donors (Lipinski definition) is 2. The third-order valence-corrected chi connectivity index (χ3v) is 2.65. The van der Waals surface area contributed by atoms with Gasteiger partial charge in [0.25, 0.3) is 0 Å². The number of ether oxygens (including phenoxy) is 1. The van der Waals surface area contributed by atoms with Gasteiger partial charge in [-0.25, -0.2) is 0 Å². The molecule has 0 saturated heterocycles. The minimum atomic E-state index is -0.0676. The molecule has 0 aliphatic rings. The summed E-state index contributed by atoms with van der Waals surface area (Å²) in [5.74, 6) is 0.803. The molecule has 2 N–H and O–H groups in total. The topological polar surface area (TPSA) is 50.4 Å². The van der Waals surface area contributed by atoms with Crippen LogP contribution in [0.4, 0.5) is 11.4 Å². The zero-order valence-corrected chi connectivity index (χ0v) is 11.4. The smallest absolute Gasteiger partial charge is 0.221 e. The molecule has 2 aromatic rings. The Hall–Kier alpha value is -2.49. The highest BCUT2D eigenvalue weighted by molar-refractivity contribution is 5.88. The number of carbonyl (C=O) groups excluding carboxylic acids is 1. The van der Waals surface area contributed by atoms with Gasteiger partial charge in [-0.1, -0.05) is 18.2 Å². The Morgan fingerprint density at radius 3 is 2.30 bits per heavy atom. The van der Waals surface area contributed by atoms with Gasteiger partial charge in [0.2, 0.25) is 5.91 Å². The average molecular weight is 270 g/mol. The van der Waals surface area contributed by atoms with E-state index in [2.05, 4.69) is 10.6 Å². The second kappa shape index (κ2) is 7.19. The monoisotopic (exact) mass is 270 g/mol. The van der Waals surface area contributed by atoms with E-state index in [-0.39, 0.29) is 5.91 Å². The van der Waals surface area contributed by atoms with Gasteiger partial charge < -0.3 is 15.4 Å². The van der Waals surface area contributed by atoms with Gasteiger partial charge in [0, 0.05) is 24.8 Å². The predicted molar refractivity (Wildman–Crippen MR) is 81.2 cm³/mol. The van der Waals surface area contributed by atoms with E-state index < -0.39 is 0 Å². The Labute approximate surface area is 118 Å². The molecule has 104 valence electrons. The highest BCUT2D eigenvalue weighted by Crippen LogP contribution is 2.13. The van der Waals surface area contributed by atoms with Crippen LogP contribution in [0.15, 0.2) is 54.6 Å². The Bertz CT molecular complexity index is 538. The molecule has 2 aromatic carbocycles. The first-order valence-electron chi connectivity index (χ1n) is 6.53. The van der Waals surface area contributed by atoms with Crippen molar-refractivity contribution in [2.45, 2.75) is 6.92 Å². The van der Waals surface area contributed by atoms with Crippen molar-refractivity contribution < 1.29 is 9.53 Å². The van der Waals surface area contributed by atoms with E-state index in [1.54, 1.807) is 0 Å². The number of nitrogens with one attached hydrogen (secondary N) is 2. The maximum absolute atomic E-state index is 10.9. The number of rotatable bonds is 6. The van der Waals surface area contributed by atoms with E-state index in [0.29, 0.717) is 13.2 Å². The molecule has 2 rings (SSSR count). The van der Waals surface area contributed by atoms with Gasteiger partial charge in [-0.2, -0.15) is 0 Å². The lowest BCUT2D eigenvalue weighted by atomic mass is 10.3. The first-order valence-corrected chi connectivity index (χ1v) is 6.53. The van der Waals surface area contributed by atoms with Crippen molar-refractivity contribution in [2.24, 2.45) is 0 Å². The van der Waals surface area contributed by atoms with Crippen molar-refractivity contribution >= 4 is 17.3 Å². The molecule has 20 heavy (non-hydrogen) atoms. The quantitative estimate of drug-likeness (QED) is 0.793. The van der Waals surface area contributed by atoms with Crippen LogP contribution in [0.1, 0.15) is 6.92 Å². The van der Waals surface area contributed by atoms with Gasteiger partial charge in [0.1, 0.15) is 12.4 Å². The van der Waals surface area contributed by atoms with Crippen LogP contribution in [0.25, 0.3) is 0 Å². The fraction of sp³-hybridized carbons (Fsp3) is 0.188. The predicted octanol–water partition coefficient (Wildman–Crippen LogP) is 3.14. The molecule has 0 bridgehead atoms. The van der Waals surface area contributed by atoms with Gasteiger partial charge in [0.15, 0.2) is 0 Å². The van der Waals surface area contributed by atoms with Crippen LogP contribution in [0.5, 0.6) is 5.75 Å². The van der Waals surface area contributed by atoms with Crippen LogP contribution in [0, 0.1) is 0 Å². The van der Waals surface area contributed by atoms with Gasteiger partial charge in [0.05, 0.1) is 0 Å². The highest BCUT2D eigenvalue weighted by Gasteiger charge is 1.96. The van der Waals surface area contributed by atoms with E-state index in [1.165, 1.54) is 6.92 Å². The summed E-state index contributed by atoms with van der Waals surface area (Å²) in [6.07, 6.45) is 0. The van der Waals surface area contributed by atoms with Crippen LogP contribution in [-0.2, 0) is 4.79 Å². The molecule has 0 atom stereocenters. The van der Waals surface area contributed by atoms with Crippen LogP contribution >= 0.6 is 0 Å². The van der Waals surface area contributed by atoms with E-state index in [0.717, 1.165) is 17.1 Å². The lowest BCUT2D eigenvalue weighted by molar-refractivity contribution is -0.114. The SMILES string of the molecule is CC(=O)Nc1ccc(NCCOc2ccccc2)cc1. The van der Waals surface area contributed by atoms with Gasteiger partial charge in [-0.05, 0) is 36.4 Å². The maximum Gasteiger partial charge on any atom is 0.221 e. The number of para-hydroxylation sites is 1. The second-order valence-electron chi connectivity index (χ2n) is 4.35. The van der Waals surface area contributed by atoms with E-state index in [9.17, 15) is 4.79 Å². The number of anilines is 2. The van der Waals surface area contributed by atoms with Crippen molar-refractivity contribution in [1.82, 2.24) is 0 Å². The first kappa shape index (κ1) is 13.9. The molecule has 0 heterocycles. The van der Waals surface area contributed by atoms with Crippen LogP contribution in [-0.4, -0.2) is 19.1 Å². The standard InChI is InChI=1S/C16H18N2O2/c1-13(19)18-15-9-7-14(8-10-15)17-11-12-20-16-5-3-2-4-6-16/h2-10,17H,11-12H2,1H3,(H,18,19). The van der Waals surface area contributed by atoms with Crippen molar-refractivity contribution in [3.8, 4) is 5.75 Å². The summed E-state index contributed by atoms with van der Waals surface area (Å²) in [6.45, 7) is 2.80. The average Bonchev–Trinajstić information content (AvgIpc) is 2.46. The van der Waals surface area contributed by atoms with Crippen LogP contribution in [0.2, 0.25) is 0 Å². The number of amides is 1. The Morgan fingerprint density at radius 2 is 1.65 bits per heavy atom. The molecule has 4 nitrogen and oxygen atoms in total. The summed E-state index contributed by atoms with van der Waals surface area (Å²) >= 11 is 0. The minimum absolute atomic E-state index is 0.0676. The summed E-state index contributed by atoms with van der Waals surface area (Å²) in [7, 11) is 0. The molecule has 0 spiro atoms. The first-order chi connectivity index (χ1) is 9.74. The zero-order chi connectivity index (χ0) is 14.2. The van der Waals surface area contributed by atoms with Crippen LogP contribution in [0.3, 0.4) is 0 Å². The largest absolute Gasteiger partial charge is 0.492 e. The van der Waals surface area contributed by atoms with E-state index >= 15 is 0 Å². The summed E-state index contributed by atoms with van der Waals surface area (Å²) in [6, 6.07) is 17.3. The molecule has 0 saturated carbocycles. The van der Waals surface area contributed by atoms with Crippen molar-refractivity contribution in [3.63, 3.8) is 0 Å². The number of carbonyl (C=O) groups is 1. The highest BCUT2D eigenvalue weighted by atomic mass is 16.5. The van der Waals surface area contributed by atoms with Crippen molar-refractivity contribution in [3.05, 3.63) is 54.6 Å². The van der Waals surface area contributed by atoms with Crippen molar-refractivity contribution in [1.29, 1.82) is 0 Å². The molecule has 0 radical (unpaired) electrons. The molecule has 0 unspecified atom stereocenters. The molecular formula is C16H18N2O2. The molecule has 0 aliphatic carbocycles. The summed E-state index contributed by atoms with van der Waals surface area (Å²) in [5.41, 5.74) is 1.79. The lowest BCUT2D eigenvalue weighted by Gasteiger charge is -2.09. The molecule has 1 amide bonds. The minimum Gasteiger partial charge on any atom is -0.492 e. The molecule has 4 heteroatoms. The van der Waals surface area contributed by atoms with Gasteiger partial charge in [-0.3, -0.25) is 4.79 Å². The third-order valence-electron chi connectivity index (χ3n) is 2.65. The number of benzene rings is 2. The number of hydrogen-bond acceptors (Lipinski definition) is 3. The molecule has 0 aliphatic heterocycles. The second-order valence-corrected chi connectivity index (χ2v) is 4.35. The van der Waals surface area contributed by atoms with Gasteiger partial charge >= 0.3 is 0 Å². The molecular weight excluding hydrogens is 252 g/mol. The maximum atomic E-state index is 10.9. The summed E-state index contributed by atoms with van der Waals surface area (Å²) in [5, 5.41) is 5.99. The fourth-order valence-electron chi connectivity index (χ4n) is 1.76. The zero-order valence-electron chi connectivity index (χ0n) is 11.4. The fourth-order valence-corrected chi connectivity index (χ4v) is 1.76. The lowest BCUT2D eigenvalue weighted by Crippen LogP contribution is -2.11. The molecule has 0 aromatic heterocycles. The van der Waals surface area contributed by atoms with Crippen LogP contribution < -0.4 is 15.4 Å². The van der Waals surface area contributed by atoms with Gasteiger partial charge in [-0.15, -0.1) is 0 Å². The summed E-state index contributed by atoms with van der Waals surface area (Å²) in [4.78, 5) is 10.9.